The molecule has 0 aliphatic carbocycles. The van der Waals surface area contributed by atoms with Crippen LogP contribution in [0.5, 0.6) is 0 Å². The number of furan rings is 1. The first kappa shape index (κ1) is 21.1. The van der Waals surface area contributed by atoms with E-state index in [0.29, 0.717) is 21.4 Å². The molecular weight excluding hydrogens is 461 g/mol. The van der Waals surface area contributed by atoms with Crippen molar-refractivity contribution in [2.24, 2.45) is 0 Å². The maximum Gasteiger partial charge on any atom is 0.293 e. The van der Waals surface area contributed by atoms with E-state index in [1.54, 1.807) is 24.3 Å². The van der Waals surface area contributed by atoms with Crippen molar-refractivity contribution in [2.75, 3.05) is 5.32 Å². The molecule has 0 atom stereocenters. The Bertz CT molecular complexity index is 1130. The van der Waals surface area contributed by atoms with Gasteiger partial charge in [0.25, 0.3) is 11.6 Å². The Kier molecular flexibility index (Phi) is 6.39. The van der Waals surface area contributed by atoms with Crippen LogP contribution in [0.3, 0.4) is 0 Å². The topological polar surface area (TPSA) is 97.4 Å². The molecular formula is C18H10Cl3N3O4S. The quantitative estimate of drug-likeness (QED) is 0.278. The van der Waals surface area contributed by atoms with Gasteiger partial charge in [0.2, 0.25) is 0 Å². The number of nitro benzene ring substituents is 1. The Morgan fingerprint density at radius 1 is 1.07 bits per heavy atom. The second kappa shape index (κ2) is 8.79. The fourth-order valence-corrected chi connectivity index (χ4v) is 3.15. The summed E-state index contributed by atoms with van der Waals surface area (Å²) in [6, 6.07) is 12.1. The largest absolute Gasteiger partial charge is 0.451 e. The van der Waals surface area contributed by atoms with Crippen molar-refractivity contribution in [1.82, 2.24) is 5.32 Å². The van der Waals surface area contributed by atoms with Crippen molar-refractivity contribution in [3.05, 3.63) is 79.5 Å². The van der Waals surface area contributed by atoms with Crippen LogP contribution in [0.15, 0.2) is 52.9 Å². The van der Waals surface area contributed by atoms with Crippen molar-refractivity contribution < 1.29 is 14.1 Å². The monoisotopic (exact) mass is 469 g/mol. The Morgan fingerprint density at radius 3 is 2.55 bits per heavy atom. The SMILES string of the molecule is O=C(NC(=S)Nc1ccc(Cl)c([N+](=O)[O-])c1)c1ccc(-c2cccc(Cl)c2Cl)o1. The molecule has 0 unspecified atom stereocenters. The highest BCUT2D eigenvalue weighted by atomic mass is 35.5. The van der Waals surface area contributed by atoms with Crippen LogP contribution in [0.25, 0.3) is 11.3 Å². The molecule has 7 nitrogen and oxygen atoms in total. The molecule has 0 bridgehead atoms. The summed E-state index contributed by atoms with van der Waals surface area (Å²) in [6.07, 6.45) is 0. The summed E-state index contributed by atoms with van der Waals surface area (Å²) in [5, 5.41) is 16.6. The number of nitrogens with one attached hydrogen (secondary N) is 2. The molecule has 29 heavy (non-hydrogen) atoms. The zero-order chi connectivity index (χ0) is 21.1. The minimum absolute atomic E-state index is 0.0118. The Labute approximate surface area is 184 Å². The average molecular weight is 471 g/mol. The number of carbonyl (C=O) groups excluding carboxylic acids is 1. The average Bonchev–Trinajstić information content (AvgIpc) is 3.15. The van der Waals surface area contributed by atoms with E-state index in [0.717, 1.165) is 0 Å². The Balaban J connectivity index is 1.70. The van der Waals surface area contributed by atoms with Gasteiger partial charge < -0.3 is 9.73 Å². The fourth-order valence-electron chi connectivity index (χ4n) is 2.36. The third kappa shape index (κ3) is 4.86. The van der Waals surface area contributed by atoms with E-state index in [4.69, 9.17) is 51.4 Å². The lowest BCUT2D eigenvalue weighted by Gasteiger charge is -2.09. The van der Waals surface area contributed by atoms with E-state index in [1.807, 2.05) is 0 Å². The minimum atomic E-state index is -0.625. The molecule has 0 spiro atoms. The molecule has 0 radical (unpaired) electrons. The van der Waals surface area contributed by atoms with Gasteiger partial charge in [-0.2, -0.15) is 0 Å². The first-order chi connectivity index (χ1) is 13.8. The molecule has 0 saturated carbocycles. The number of hydrogen-bond acceptors (Lipinski definition) is 5. The predicted octanol–water partition coefficient (Wildman–Crippen LogP) is 5.94. The van der Waals surface area contributed by atoms with Gasteiger partial charge in [0.05, 0.1) is 15.0 Å². The smallest absolute Gasteiger partial charge is 0.293 e. The van der Waals surface area contributed by atoms with E-state index in [1.165, 1.54) is 24.3 Å². The molecule has 1 heterocycles. The number of nitrogens with zero attached hydrogens (tertiary/aromatic N) is 1. The summed E-state index contributed by atoms with van der Waals surface area (Å²) in [5.74, 6) is -0.271. The summed E-state index contributed by atoms with van der Waals surface area (Å²) >= 11 is 23.0. The molecule has 0 saturated heterocycles. The number of thiocarbonyl (C=S) groups is 1. The Hall–Kier alpha value is -2.65. The lowest BCUT2D eigenvalue weighted by Crippen LogP contribution is -2.33. The highest BCUT2D eigenvalue weighted by Gasteiger charge is 2.17. The lowest BCUT2D eigenvalue weighted by atomic mass is 10.2. The highest BCUT2D eigenvalue weighted by molar-refractivity contribution is 7.80. The van der Waals surface area contributed by atoms with Gasteiger partial charge in [0.1, 0.15) is 10.8 Å². The normalized spacial score (nSPS) is 10.4. The van der Waals surface area contributed by atoms with Crippen LogP contribution in [0.4, 0.5) is 11.4 Å². The van der Waals surface area contributed by atoms with Crippen LogP contribution in [0, 0.1) is 10.1 Å². The first-order valence-electron chi connectivity index (χ1n) is 7.86. The lowest BCUT2D eigenvalue weighted by molar-refractivity contribution is -0.384. The summed E-state index contributed by atoms with van der Waals surface area (Å²) in [5.41, 5.74) is 0.532. The fraction of sp³-hybridized carbons (Fsp3) is 0. The summed E-state index contributed by atoms with van der Waals surface area (Å²) in [4.78, 5) is 22.7. The molecule has 11 heteroatoms. The standard InChI is InChI=1S/C18H10Cl3N3O4S/c19-11-5-4-9(8-13(11)24(26)27)22-18(29)23-17(25)15-7-6-14(28-15)10-2-1-3-12(20)16(10)21/h1-8H,(H2,22,23,25,29). The number of carbonyl (C=O) groups is 1. The van der Waals surface area contributed by atoms with Crippen LogP contribution in [0.1, 0.15) is 10.6 Å². The van der Waals surface area contributed by atoms with E-state index in [9.17, 15) is 14.9 Å². The zero-order valence-electron chi connectivity index (χ0n) is 14.2. The molecule has 2 N–H and O–H groups in total. The minimum Gasteiger partial charge on any atom is -0.451 e. The van der Waals surface area contributed by atoms with Gasteiger partial charge in [-0.25, -0.2) is 0 Å². The zero-order valence-corrected chi connectivity index (χ0v) is 17.3. The second-order valence-corrected chi connectivity index (χ2v) is 7.20. The molecule has 3 aromatic rings. The number of benzene rings is 2. The number of rotatable bonds is 4. The number of halogens is 3. The van der Waals surface area contributed by atoms with E-state index in [-0.39, 0.29) is 27.3 Å². The van der Waals surface area contributed by atoms with Crippen LogP contribution in [-0.4, -0.2) is 15.9 Å². The van der Waals surface area contributed by atoms with Crippen LogP contribution < -0.4 is 10.6 Å². The van der Waals surface area contributed by atoms with Gasteiger partial charge in [-0.3, -0.25) is 20.2 Å². The molecule has 0 aliphatic rings. The predicted molar refractivity (Wildman–Crippen MR) is 116 cm³/mol. The van der Waals surface area contributed by atoms with Crippen molar-refractivity contribution in [2.45, 2.75) is 0 Å². The maximum absolute atomic E-state index is 12.4. The number of nitro groups is 1. The molecule has 0 aliphatic heterocycles. The van der Waals surface area contributed by atoms with Crippen molar-refractivity contribution in [3.63, 3.8) is 0 Å². The number of amides is 1. The number of anilines is 1. The van der Waals surface area contributed by atoms with E-state index >= 15 is 0 Å². The molecule has 1 aromatic heterocycles. The number of hydrogen-bond donors (Lipinski definition) is 2. The highest BCUT2D eigenvalue weighted by Crippen LogP contribution is 2.34. The van der Waals surface area contributed by atoms with Crippen LogP contribution >= 0.6 is 47.0 Å². The van der Waals surface area contributed by atoms with Gasteiger partial charge >= 0.3 is 0 Å². The molecule has 3 rings (SSSR count). The van der Waals surface area contributed by atoms with Crippen LogP contribution in [-0.2, 0) is 0 Å². The summed E-state index contributed by atoms with van der Waals surface area (Å²) in [7, 11) is 0. The first-order valence-corrected chi connectivity index (χ1v) is 9.41. The molecule has 148 valence electrons. The summed E-state index contributed by atoms with van der Waals surface area (Å²) < 4.78 is 5.54. The van der Waals surface area contributed by atoms with Gasteiger partial charge in [0.15, 0.2) is 10.9 Å². The maximum atomic E-state index is 12.4. The van der Waals surface area contributed by atoms with Crippen molar-refractivity contribution in [1.29, 1.82) is 0 Å². The van der Waals surface area contributed by atoms with Crippen molar-refractivity contribution in [3.8, 4) is 11.3 Å². The van der Waals surface area contributed by atoms with Crippen LogP contribution in [0.2, 0.25) is 15.1 Å². The van der Waals surface area contributed by atoms with E-state index in [2.05, 4.69) is 10.6 Å². The Morgan fingerprint density at radius 2 is 1.83 bits per heavy atom. The van der Waals surface area contributed by atoms with Crippen molar-refractivity contribution >= 4 is 69.4 Å². The third-order valence-corrected chi connectivity index (χ3v) is 5.02. The molecule has 1 amide bonds. The van der Waals surface area contributed by atoms with Gasteiger partial charge in [0, 0.05) is 17.3 Å². The molecule has 0 fully saturated rings. The second-order valence-electron chi connectivity index (χ2n) is 5.60. The van der Waals surface area contributed by atoms with Gasteiger partial charge in [-0.1, -0.05) is 40.9 Å². The molecule has 2 aromatic carbocycles. The summed E-state index contributed by atoms with van der Waals surface area (Å²) in [6.45, 7) is 0. The van der Waals surface area contributed by atoms with Gasteiger partial charge in [-0.05, 0) is 48.6 Å². The van der Waals surface area contributed by atoms with Gasteiger partial charge in [-0.15, -0.1) is 0 Å². The van der Waals surface area contributed by atoms with E-state index < -0.39 is 10.8 Å². The third-order valence-electron chi connectivity index (χ3n) is 3.67.